The maximum absolute atomic E-state index is 11.9. The van der Waals surface area contributed by atoms with Gasteiger partial charge in [-0.25, -0.2) is 8.42 Å². The topological polar surface area (TPSA) is 66.5 Å². The third kappa shape index (κ3) is 5.88. The van der Waals surface area contributed by atoms with Crippen molar-refractivity contribution in [3.8, 4) is 0 Å². The van der Waals surface area contributed by atoms with Crippen molar-refractivity contribution >= 4 is 33.4 Å². The molecule has 0 saturated carbocycles. The van der Waals surface area contributed by atoms with E-state index in [9.17, 15) is 13.2 Å². The number of likely N-dealkylation sites (N-methyl/N-ethyl adjacent to an activating group) is 1. The van der Waals surface area contributed by atoms with E-state index >= 15 is 0 Å². The van der Waals surface area contributed by atoms with Gasteiger partial charge in [0.1, 0.15) is 0 Å². The van der Waals surface area contributed by atoms with E-state index in [1.165, 1.54) is 18.2 Å². The maximum Gasteiger partial charge on any atom is 0.239 e. The summed E-state index contributed by atoms with van der Waals surface area (Å²) in [4.78, 5) is 14.1. The molecule has 0 saturated heterocycles. The monoisotopic (exact) mass is 378 g/mol. The van der Waals surface area contributed by atoms with Crippen LogP contribution in [0.1, 0.15) is 11.1 Å². The summed E-state index contributed by atoms with van der Waals surface area (Å²) in [6, 6.07) is 13.8. The third-order valence-corrected chi connectivity index (χ3v) is 6.04. The van der Waals surface area contributed by atoms with Gasteiger partial charge in [0, 0.05) is 22.5 Å². The van der Waals surface area contributed by atoms with E-state index in [0.29, 0.717) is 5.69 Å². The number of anilines is 1. The maximum atomic E-state index is 11.9. The first kappa shape index (κ1) is 19.5. The minimum Gasteiger partial charge on any atom is -0.325 e. The first-order chi connectivity index (χ1) is 11.6. The number of rotatable bonds is 6. The summed E-state index contributed by atoms with van der Waals surface area (Å²) in [5, 5.41) is 2.70. The van der Waals surface area contributed by atoms with Gasteiger partial charge >= 0.3 is 0 Å². The molecule has 134 valence electrons. The van der Waals surface area contributed by atoms with E-state index in [-0.39, 0.29) is 12.5 Å². The largest absolute Gasteiger partial charge is 0.325 e. The van der Waals surface area contributed by atoms with Crippen LogP contribution in [-0.4, -0.2) is 38.5 Å². The second kappa shape index (κ2) is 8.03. The zero-order chi connectivity index (χ0) is 18.6. The van der Waals surface area contributed by atoms with E-state index in [1.807, 2.05) is 24.3 Å². The summed E-state index contributed by atoms with van der Waals surface area (Å²) in [6.07, 6.45) is 1.07. The number of hydrogen-bond donors (Lipinski definition) is 1. The molecule has 0 radical (unpaired) electrons. The highest BCUT2D eigenvalue weighted by atomic mass is 32.2. The highest BCUT2D eigenvalue weighted by molar-refractivity contribution is 7.99. The summed E-state index contributed by atoms with van der Waals surface area (Å²) in [6.45, 7) is 3.96. The molecule has 0 bridgehead atoms. The molecule has 0 aliphatic rings. The molecular weight excluding hydrogens is 356 g/mol. The molecule has 7 heteroatoms. The van der Waals surface area contributed by atoms with Crippen LogP contribution in [-0.2, 0) is 14.8 Å². The Balaban J connectivity index is 1.97. The van der Waals surface area contributed by atoms with Gasteiger partial charge in [0.2, 0.25) is 15.9 Å². The molecule has 2 rings (SSSR count). The lowest BCUT2D eigenvalue weighted by Gasteiger charge is -2.13. The first-order valence-corrected chi connectivity index (χ1v) is 10.4. The van der Waals surface area contributed by atoms with Crippen molar-refractivity contribution in [1.82, 2.24) is 4.31 Å². The smallest absolute Gasteiger partial charge is 0.239 e. The summed E-state index contributed by atoms with van der Waals surface area (Å²) >= 11 is 1.65. The quantitative estimate of drug-likeness (QED) is 0.838. The van der Waals surface area contributed by atoms with Crippen molar-refractivity contribution in [2.45, 2.75) is 23.6 Å². The fourth-order valence-electron chi connectivity index (χ4n) is 2.04. The molecule has 0 aliphatic carbocycles. The summed E-state index contributed by atoms with van der Waals surface area (Å²) in [7, 11) is -2.00. The molecule has 0 atom stereocenters. The number of benzene rings is 2. The first-order valence-electron chi connectivity index (χ1n) is 7.71. The van der Waals surface area contributed by atoms with Gasteiger partial charge in [-0.1, -0.05) is 17.8 Å². The predicted octanol–water partition coefficient (Wildman–Crippen LogP) is 3.28. The number of nitrogens with one attached hydrogen (secondary N) is 1. The van der Waals surface area contributed by atoms with Crippen molar-refractivity contribution in [3.05, 3.63) is 53.6 Å². The van der Waals surface area contributed by atoms with Crippen LogP contribution < -0.4 is 5.32 Å². The number of sulfonamides is 1. The Hall–Kier alpha value is -1.83. The Morgan fingerprint density at radius 3 is 2.20 bits per heavy atom. The average molecular weight is 379 g/mol. The molecule has 2 aromatic rings. The van der Waals surface area contributed by atoms with Crippen LogP contribution >= 0.6 is 11.8 Å². The molecule has 0 spiro atoms. The molecule has 0 aliphatic heterocycles. The van der Waals surface area contributed by atoms with Gasteiger partial charge in [-0.2, -0.15) is 4.31 Å². The van der Waals surface area contributed by atoms with Gasteiger partial charge in [-0.3, -0.25) is 4.79 Å². The Morgan fingerprint density at radius 2 is 1.64 bits per heavy atom. The standard InChI is InChI=1S/C18H22N2O3S2/c1-13-5-8-17(11-14(13)2)24-16-9-6-15(7-10-16)19-18(21)12-20(3)25(4,22)23/h5-11H,12H2,1-4H3,(H,19,21). The Morgan fingerprint density at radius 1 is 1.04 bits per heavy atom. The minimum atomic E-state index is -3.37. The molecule has 0 aromatic heterocycles. The Kier molecular flexibility index (Phi) is 6.26. The van der Waals surface area contributed by atoms with Gasteiger partial charge in [0.25, 0.3) is 0 Å². The summed E-state index contributed by atoms with van der Waals surface area (Å²) in [5.74, 6) is -0.373. The molecule has 0 heterocycles. The van der Waals surface area contributed by atoms with Crippen LogP contribution in [0.4, 0.5) is 5.69 Å². The molecule has 2 aromatic carbocycles. The molecule has 25 heavy (non-hydrogen) atoms. The van der Waals surface area contributed by atoms with Gasteiger partial charge in [0.15, 0.2) is 0 Å². The molecule has 5 nitrogen and oxygen atoms in total. The molecular formula is C18H22N2O3S2. The predicted molar refractivity (Wildman–Crippen MR) is 103 cm³/mol. The van der Waals surface area contributed by atoms with E-state index in [2.05, 4.69) is 37.4 Å². The average Bonchev–Trinajstić information content (AvgIpc) is 2.52. The Labute approximate surface area is 153 Å². The van der Waals surface area contributed by atoms with E-state index < -0.39 is 10.0 Å². The fourth-order valence-corrected chi connectivity index (χ4v) is 3.31. The number of carbonyl (C=O) groups excluding carboxylic acids is 1. The number of amides is 1. The van der Waals surface area contributed by atoms with Crippen molar-refractivity contribution in [2.75, 3.05) is 25.2 Å². The highest BCUT2D eigenvalue weighted by Crippen LogP contribution is 2.29. The number of aryl methyl sites for hydroxylation is 2. The molecule has 1 N–H and O–H groups in total. The number of hydrogen-bond acceptors (Lipinski definition) is 4. The number of nitrogens with zero attached hydrogens (tertiary/aromatic N) is 1. The lowest BCUT2D eigenvalue weighted by atomic mass is 10.1. The van der Waals surface area contributed by atoms with Crippen LogP contribution in [0, 0.1) is 13.8 Å². The number of carbonyl (C=O) groups is 1. The second-order valence-corrected chi connectivity index (χ2v) is 9.18. The van der Waals surface area contributed by atoms with Crippen LogP contribution in [0.25, 0.3) is 0 Å². The van der Waals surface area contributed by atoms with Crippen LogP contribution in [0.3, 0.4) is 0 Å². The van der Waals surface area contributed by atoms with Crippen molar-refractivity contribution in [3.63, 3.8) is 0 Å². The van der Waals surface area contributed by atoms with Gasteiger partial charge in [-0.15, -0.1) is 0 Å². The zero-order valence-electron chi connectivity index (χ0n) is 14.7. The van der Waals surface area contributed by atoms with Gasteiger partial charge in [-0.05, 0) is 61.4 Å². The van der Waals surface area contributed by atoms with E-state index in [4.69, 9.17) is 0 Å². The summed E-state index contributed by atoms with van der Waals surface area (Å²) in [5.41, 5.74) is 3.15. The van der Waals surface area contributed by atoms with Crippen LogP contribution in [0.15, 0.2) is 52.3 Å². The van der Waals surface area contributed by atoms with E-state index in [0.717, 1.165) is 20.4 Å². The molecule has 1 amide bonds. The lowest BCUT2D eigenvalue weighted by Crippen LogP contribution is -2.34. The lowest BCUT2D eigenvalue weighted by molar-refractivity contribution is -0.116. The Bertz CT molecular complexity index is 862. The van der Waals surface area contributed by atoms with Crippen molar-refractivity contribution in [2.24, 2.45) is 0 Å². The minimum absolute atomic E-state index is 0.210. The van der Waals surface area contributed by atoms with Crippen LogP contribution in [0.5, 0.6) is 0 Å². The van der Waals surface area contributed by atoms with E-state index in [1.54, 1.807) is 11.8 Å². The zero-order valence-corrected chi connectivity index (χ0v) is 16.4. The second-order valence-electron chi connectivity index (χ2n) is 5.94. The SMILES string of the molecule is Cc1ccc(Sc2ccc(NC(=O)CN(C)S(C)(=O)=O)cc2)cc1C. The van der Waals surface area contributed by atoms with Crippen LogP contribution in [0.2, 0.25) is 0 Å². The highest BCUT2D eigenvalue weighted by Gasteiger charge is 2.15. The normalized spacial score (nSPS) is 11.6. The third-order valence-electron chi connectivity index (χ3n) is 3.78. The van der Waals surface area contributed by atoms with Crippen molar-refractivity contribution < 1.29 is 13.2 Å². The van der Waals surface area contributed by atoms with Crippen molar-refractivity contribution in [1.29, 1.82) is 0 Å². The molecule has 0 fully saturated rings. The molecule has 0 unspecified atom stereocenters. The fraction of sp³-hybridized carbons (Fsp3) is 0.278. The van der Waals surface area contributed by atoms with Gasteiger partial charge in [0.05, 0.1) is 12.8 Å². The summed E-state index contributed by atoms with van der Waals surface area (Å²) < 4.78 is 23.7. The van der Waals surface area contributed by atoms with Gasteiger partial charge < -0.3 is 5.32 Å².